The zero-order chi connectivity index (χ0) is 14.1. The summed E-state index contributed by atoms with van der Waals surface area (Å²) in [5, 5.41) is -0.413. The standard InChI is InChI=1S/C8H4ClF6NOS/c9-3-1-4(16)5(17-7(10,11)12)2-6(3)18-8(13,14)15/h1-2H,16H2. The minimum absolute atomic E-state index is 0.413. The van der Waals surface area contributed by atoms with Crippen LogP contribution in [-0.4, -0.2) is 11.9 Å². The van der Waals surface area contributed by atoms with E-state index in [-0.39, 0.29) is 0 Å². The second-order valence-electron chi connectivity index (χ2n) is 2.92. The van der Waals surface area contributed by atoms with Crippen molar-refractivity contribution < 1.29 is 31.1 Å². The lowest BCUT2D eigenvalue weighted by molar-refractivity contribution is -0.274. The summed E-state index contributed by atoms with van der Waals surface area (Å²) in [6.45, 7) is 0. The zero-order valence-electron chi connectivity index (χ0n) is 8.19. The first-order chi connectivity index (χ1) is 7.98. The summed E-state index contributed by atoms with van der Waals surface area (Å²) >= 11 is 4.78. The summed E-state index contributed by atoms with van der Waals surface area (Å²) in [6, 6.07) is 1.25. The van der Waals surface area contributed by atoms with Gasteiger partial charge in [0.15, 0.2) is 5.75 Å². The maximum absolute atomic E-state index is 12.1. The van der Waals surface area contributed by atoms with E-state index in [1.54, 1.807) is 0 Å². The van der Waals surface area contributed by atoms with Gasteiger partial charge < -0.3 is 10.5 Å². The van der Waals surface area contributed by atoms with Crippen molar-refractivity contribution in [2.45, 2.75) is 16.8 Å². The number of anilines is 1. The number of nitrogen functional groups attached to an aromatic ring is 1. The highest BCUT2D eigenvalue weighted by molar-refractivity contribution is 8.00. The van der Waals surface area contributed by atoms with Crippen molar-refractivity contribution >= 4 is 29.1 Å². The number of halogens is 7. The molecular formula is C8H4ClF6NOS. The first-order valence-corrected chi connectivity index (χ1v) is 5.28. The molecule has 0 saturated heterocycles. The van der Waals surface area contributed by atoms with Crippen LogP contribution in [0.4, 0.5) is 32.0 Å². The Balaban J connectivity index is 3.10. The highest BCUT2D eigenvalue weighted by Crippen LogP contribution is 2.44. The molecular weight excluding hydrogens is 308 g/mol. The third-order valence-corrected chi connectivity index (χ3v) is 2.73. The minimum Gasteiger partial charge on any atom is -0.404 e. The van der Waals surface area contributed by atoms with Gasteiger partial charge in [0.25, 0.3) is 0 Å². The monoisotopic (exact) mass is 311 g/mol. The third kappa shape index (κ3) is 4.73. The SMILES string of the molecule is Nc1cc(Cl)c(SC(F)(F)F)cc1OC(F)(F)F. The molecule has 0 aliphatic rings. The van der Waals surface area contributed by atoms with Crippen molar-refractivity contribution in [3.63, 3.8) is 0 Å². The number of nitrogens with two attached hydrogens (primary N) is 1. The molecule has 1 rings (SSSR count). The van der Waals surface area contributed by atoms with E-state index in [1.807, 2.05) is 0 Å². The lowest BCUT2D eigenvalue weighted by atomic mass is 10.3. The van der Waals surface area contributed by atoms with Crippen molar-refractivity contribution in [1.29, 1.82) is 0 Å². The summed E-state index contributed by atoms with van der Waals surface area (Å²) in [5.41, 5.74) is -0.0343. The molecule has 0 atom stereocenters. The Labute approximate surface area is 106 Å². The number of ether oxygens (including phenoxy) is 1. The molecule has 1 aromatic carbocycles. The molecule has 0 aromatic heterocycles. The second kappa shape index (κ2) is 4.96. The van der Waals surface area contributed by atoms with Gasteiger partial charge in [0, 0.05) is 4.90 Å². The quantitative estimate of drug-likeness (QED) is 0.498. The minimum atomic E-state index is -5.05. The van der Waals surface area contributed by atoms with E-state index in [9.17, 15) is 26.3 Å². The molecule has 0 amide bonds. The van der Waals surface area contributed by atoms with Crippen molar-refractivity contribution in [1.82, 2.24) is 0 Å². The van der Waals surface area contributed by atoms with E-state index in [4.69, 9.17) is 17.3 Å². The summed E-state index contributed by atoms with van der Waals surface area (Å²) < 4.78 is 75.6. The van der Waals surface area contributed by atoms with E-state index in [2.05, 4.69) is 4.74 Å². The molecule has 10 heteroatoms. The Hall–Kier alpha value is -0.960. The Morgan fingerprint density at radius 1 is 1.11 bits per heavy atom. The zero-order valence-corrected chi connectivity index (χ0v) is 9.77. The first-order valence-electron chi connectivity index (χ1n) is 4.08. The van der Waals surface area contributed by atoms with Crippen molar-refractivity contribution in [3.8, 4) is 5.75 Å². The van der Waals surface area contributed by atoms with Gasteiger partial charge in [-0.25, -0.2) is 0 Å². The van der Waals surface area contributed by atoms with Crippen molar-refractivity contribution in [3.05, 3.63) is 17.2 Å². The lowest BCUT2D eigenvalue weighted by Crippen LogP contribution is -2.18. The van der Waals surface area contributed by atoms with E-state index in [1.165, 1.54) is 0 Å². The van der Waals surface area contributed by atoms with Crippen LogP contribution >= 0.6 is 23.4 Å². The molecule has 0 aliphatic heterocycles. The molecule has 0 spiro atoms. The van der Waals surface area contributed by atoms with Gasteiger partial charge in [0.05, 0.1) is 10.7 Å². The van der Waals surface area contributed by atoms with Crippen LogP contribution in [-0.2, 0) is 0 Å². The normalized spacial score (nSPS) is 12.6. The van der Waals surface area contributed by atoms with Crippen LogP contribution in [0, 0.1) is 0 Å². The number of thioether (sulfide) groups is 1. The fraction of sp³-hybridized carbons (Fsp3) is 0.250. The number of rotatable bonds is 2. The summed E-state index contributed by atoms with van der Waals surface area (Å²) in [7, 11) is 0. The largest absolute Gasteiger partial charge is 0.573 e. The Kier molecular flexibility index (Phi) is 4.16. The molecule has 0 aliphatic carbocycles. The number of benzene rings is 1. The summed E-state index contributed by atoms with van der Waals surface area (Å²) in [5.74, 6) is -0.932. The van der Waals surface area contributed by atoms with Gasteiger partial charge in [-0.15, -0.1) is 13.2 Å². The van der Waals surface area contributed by atoms with Crippen LogP contribution < -0.4 is 10.5 Å². The maximum Gasteiger partial charge on any atom is 0.573 e. The summed E-state index contributed by atoms with van der Waals surface area (Å²) in [4.78, 5) is -0.627. The van der Waals surface area contributed by atoms with E-state index < -0.39 is 45.0 Å². The average Bonchev–Trinajstić information content (AvgIpc) is 2.08. The molecule has 0 saturated carbocycles. The lowest BCUT2D eigenvalue weighted by Gasteiger charge is -2.14. The van der Waals surface area contributed by atoms with Crippen LogP contribution in [0.2, 0.25) is 5.02 Å². The van der Waals surface area contributed by atoms with Gasteiger partial charge >= 0.3 is 11.9 Å². The highest BCUT2D eigenvalue weighted by atomic mass is 35.5. The molecule has 0 fully saturated rings. The first kappa shape index (κ1) is 15.1. The smallest absolute Gasteiger partial charge is 0.404 e. The summed E-state index contributed by atoms with van der Waals surface area (Å²) in [6.07, 6.45) is -5.05. The number of hydrogen-bond acceptors (Lipinski definition) is 3. The van der Waals surface area contributed by atoms with Gasteiger partial charge in [0.2, 0.25) is 0 Å². The van der Waals surface area contributed by atoms with Gasteiger partial charge in [-0.05, 0) is 23.9 Å². The molecule has 2 nitrogen and oxygen atoms in total. The van der Waals surface area contributed by atoms with Crippen LogP contribution in [0.1, 0.15) is 0 Å². The molecule has 2 N–H and O–H groups in total. The van der Waals surface area contributed by atoms with Gasteiger partial charge in [0.1, 0.15) is 0 Å². The van der Waals surface area contributed by atoms with Gasteiger partial charge in [-0.3, -0.25) is 0 Å². The topological polar surface area (TPSA) is 35.2 Å². The van der Waals surface area contributed by atoms with Crippen molar-refractivity contribution in [2.24, 2.45) is 0 Å². The maximum atomic E-state index is 12.1. The predicted molar refractivity (Wildman–Crippen MR) is 54.5 cm³/mol. The Bertz CT molecular complexity index is 409. The fourth-order valence-corrected chi connectivity index (χ4v) is 1.83. The molecule has 102 valence electrons. The average molecular weight is 312 g/mol. The molecule has 0 bridgehead atoms. The molecule has 1 aromatic rings. The van der Waals surface area contributed by atoms with Gasteiger partial charge in [-0.2, -0.15) is 13.2 Å². The fourth-order valence-electron chi connectivity index (χ4n) is 0.966. The molecule has 0 radical (unpaired) electrons. The Morgan fingerprint density at radius 3 is 2.11 bits per heavy atom. The molecule has 18 heavy (non-hydrogen) atoms. The van der Waals surface area contributed by atoms with Crippen LogP contribution in [0.3, 0.4) is 0 Å². The molecule has 0 heterocycles. The predicted octanol–water partition coefficient (Wildman–Crippen LogP) is 4.43. The number of hydrogen-bond donors (Lipinski definition) is 1. The van der Waals surface area contributed by atoms with Gasteiger partial charge in [-0.1, -0.05) is 11.6 Å². The van der Waals surface area contributed by atoms with E-state index in [0.29, 0.717) is 6.07 Å². The van der Waals surface area contributed by atoms with Crippen LogP contribution in [0.25, 0.3) is 0 Å². The van der Waals surface area contributed by atoms with E-state index >= 15 is 0 Å². The van der Waals surface area contributed by atoms with Crippen molar-refractivity contribution in [2.75, 3.05) is 5.73 Å². The highest BCUT2D eigenvalue weighted by Gasteiger charge is 2.34. The van der Waals surface area contributed by atoms with Crippen LogP contribution in [0.15, 0.2) is 17.0 Å². The molecule has 0 unspecified atom stereocenters. The van der Waals surface area contributed by atoms with Crippen LogP contribution in [0.5, 0.6) is 5.75 Å². The number of alkyl halides is 6. The third-order valence-electron chi connectivity index (χ3n) is 1.52. The van der Waals surface area contributed by atoms with E-state index in [0.717, 1.165) is 6.07 Å². The Morgan fingerprint density at radius 2 is 1.67 bits per heavy atom. The second-order valence-corrected chi connectivity index (χ2v) is 4.43.